The quantitative estimate of drug-likeness (QED) is 0.700. The van der Waals surface area contributed by atoms with Gasteiger partial charge in [-0.05, 0) is 25.2 Å². The van der Waals surface area contributed by atoms with E-state index < -0.39 is 0 Å². The zero-order valence-corrected chi connectivity index (χ0v) is 9.10. The molecular formula is C11H24N2. The summed E-state index contributed by atoms with van der Waals surface area (Å²) in [5.41, 5.74) is 6.11. The Morgan fingerprint density at radius 2 is 1.92 bits per heavy atom. The molecule has 0 aromatic carbocycles. The topological polar surface area (TPSA) is 38.0 Å². The Labute approximate surface area is 82.3 Å². The van der Waals surface area contributed by atoms with E-state index in [1.54, 1.807) is 0 Å². The van der Waals surface area contributed by atoms with E-state index in [2.05, 4.69) is 19.2 Å². The molecule has 1 saturated carbocycles. The Balaban J connectivity index is 2.24. The zero-order valence-electron chi connectivity index (χ0n) is 9.10. The van der Waals surface area contributed by atoms with Crippen LogP contribution in [0.15, 0.2) is 0 Å². The van der Waals surface area contributed by atoms with Crippen molar-refractivity contribution in [2.45, 2.75) is 52.0 Å². The Bertz CT molecular complexity index is 139. The van der Waals surface area contributed by atoms with Gasteiger partial charge in [0.15, 0.2) is 0 Å². The molecule has 1 rings (SSSR count). The summed E-state index contributed by atoms with van der Waals surface area (Å²) in [5, 5.41) is 3.52. The summed E-state index contributed by atoms with van der Waals surface area (Å²) >= 11 is 0. The molecule has 2 heteroatoms. The Hall–Kier alpha value is -0.0800. The standard InChI is InChI=1S/C11H24N2/c1-10(8-12)13-9-11(2)6-4-3-5-7-11/h10,13H,3-9,12H2,1-2H3. The van der Waals surface area contributed by atoms with Gasteiger partial charge in [0.2, 0.25) is 0 Å². The molecule has 0 saturated heterocycles. The van der Waals surface area contributed by atoms with Crippen LogP contribution in [-0.4, -0.2) is 19.1 Å². The first-order chi connectivity index (χ1) is 6.16. The molecule has 1 atom stereocenters. The van der Waals surface area contributed by atoms with Crippen molar-refractivity contribution >= 4 is 0 Å². The molecule has 0 bridgehead atoms. The SMILES string of the molecule is CC(CN)NCC1(C)CCCCC1. The molecule has 1 unspecified atom stereocenters. The van der Waals surface area contributed by atoms with Crippen LogP contribution in [0.2, 0.25) is 0 Å². The first-order valence-electron chi connectivity index (χ1n) is 5.60. The predicted molar refractivity (Wildman–Crippen MR) is 57.7 cm³/mol. The molecule has 3 N–H and O–H groups in total. The van der Waals surface area contributed by atoms with Crippen LogP contribution < -0.4 is 11.1 Å². The third kappa shape index (κ3) is 3.65. The van der Waals surface area contributed by atoms with Crippen LogP contribution >= 0.6 is 0 Å². The van der Waals surface area contributed by atoms with E-state index in [0.717, 1.165) is 13.1 Å². The van der Waals surface area contributed by atoms with E-state index in [1.807, 2.05) is 0 Å². The number of hydrogen-bond donors (Lipinski definition) is 2. The van der Waals surface area contributed by atoms with Crippen molar-refractivity contribution in [1.82, 2.24) is 5.32 Å². The molecule has 78 valence electrons. The lowest BCUT2D eigenvalue weighted by molar-refractivity contribution is 0.202. The molecule has 0 spiro atoms. The van der Waals surface area contributed by atoms with E-state index in [1.165, 1.54) is 32.1 Å². The normalized spacial score (nSPS) is 24.2. The molecule has 0 aromatic heterocycles. The van der Waals surface area contributed by atoms with Crippen molar-refractivity contribution in [2.24, 2.45) is 11.1 Å². The minimum atomic E-state index is 0.471. The van der Waals surface area contributed by atoms with Crippen LogP contribution in [-0.2, 0) is 0 Å². The van der Waals surface area contributed by atoms with Crippen LogP contribution in [0.5, 0.6) is 0 Å². The zero-order chi connectivity index (χ0) is 9.73. The van der Waals surface area contributed by atoms with Crippen LogP contribution in [0.4, 0.5) is 0 Å². The highest BCUT2D eigenvalue weighted by atomic mass is 14.9. The molecule has 0 amide bonds. The molecule has 2 nitrogen and oxygen atoms in total. The van der Waals surface area contributed by atoms with E-state index in [0.29, 0.717) is 11.5 Å². The molecule has 0 aliphatic heterocycles. The summed E-state index contributed by atoms with van der Waals surface area (Å²) in [6, 6.07) is 0.471. The fourth-order valence-corrected chi connectivity index (χ4v) is 2.09. The van der Waals surface area contributed by atoms with Gasteiger partial charge in [-0.1, -0.05) is 26.2 Å². The molecule has 0 radical (unpaired) electrons. The van der Waals surface area contributed by atoms with Gasteiger partial charge in [0.25, 0.3) is 0 Å². The summed E-state index contributed by atoms with van der Waals surface area (Å²) in [7, 11) is 0. The van der Waals surface area contributed by atoms with Crippen molar-refractivity contribution < 1.29 is 0 Å². The van der Waals surface area contributed by atoms with Crippen molar-refractivity contribution in [1.29, 1.82) is 0 Å². The minimum absolute atomic E-state index is 0.471. The maximum absolute atomic E-state index is 5.57. The van der Waals surface area contributed by atoms with Gasteiger partial charge < -0.3 is 11.1 Å². The lowest BCUT2D eigenvalue weighted by Crippen LogP contribution is -2.41. The van der Waals surface area contributed by atoms with E-state index >= 15 is 0 Å². The van der Waals surface area contributed by atoms with Gasteiger partial charge in [-0.25, -0.2) is 0 Å². The third-order valence-electron chi connectivity index (χ3n) is 3.29. The van der Waals surface area contributed by atoms with Crippen molar-refractivity contribution in [3.8, 4) is 0 Å². The maximum Gasteiger partial charge on any atom is 0.0162 e. The van der Waals surface area contributed by atoms with Crippen molar-refractivity contribution in [3.63, 3.8) is 0 Å². The highest BCUT2D eigenvalue weighted by molar-refractivity contribution is 4.81. The second-order valence-electron chi connectivity index (χ2n) is 4.89. The first kappa shape index (κ1) is 11.0. The Morgan fingerprint density at radius 1 is 1.31 bits per heavy atom. The highest BCUT2D eigenvalue weighted by Gasteiger charge is 2.26. The van der Waals surface area contributed by atoms with Gasteiger partial charge in [-0.3, -0.25) is 0 Å². The first-order valence-corrected chi connectivity index (χ1v) is 5.60. The monoisotopic (exact) mass is 184 g/mol. The molecular weight excluding hydrogens is 160 g/mol. The molecule has 1 aliphatic carbocycles. The largest absolute Gasteiger partial charge is 0.329 e. The molecule has 0 heterocycles. The van der Waals surface area contributed by atoms with E-state index in [-0.39, 0.29) is 0 Å². The van der Waals surface area contributed by atoms with E-state index in [4.69, 9.17) is 5.73 Å². The maximum atomic E-state index is 5.57. The summed E-state index contributed by atoms with van der Waals surface area (Å²) in [4.78, 5) is 0. The van der Waals surface area contributed by atoms with Crippen LogP contribution in [0.1, 0.15) is 46.0 Å². The molecule has 1 fully saturated rings. The average molecular weight is 184 g/mol. The molecule has 0 aromatic rings. The fourth-order valence-electron chi connectivity index (χ4n) is 2.09. The number of nitrogens with two attached hydrogens (primary N) is 1. The van der Waals surface area contributed by atoms with Crippen LogP contribution in [0.25, 0.3) is 0 Å². The third-order valence-corrected chi connectivity index (χ3v) is 3.29. The van der Waals surface area contributed by atoms with Crippen LogP contribution in [0.3, 0.4) is 0 Å². The number of rotatable bonds is 4. The molecule has 1 aliphatic rings. The fraction of sp³-hybridized carbons (Fsp3) is 1.00. The van der Waals surface area contributed by atoms with Crippen molar-refractivity contribution in [2.75, 3.05) is 13.1 Å². The summed E-state index contributed by atoms with van der Waals surface area (Å²) in [5.74, 6) is 0. The van der Waals surface area contributed by atoms with Gasteiger partial charge in [-0.2, -0.15) is 0 Å². The van der Waals surface area contributed by atoms with Gasteiger partial charge in [0.05, 0.1) is 0 Å². The second-order valence-corrected chi connectivity index (χ2v) is 4.89. The Morgan fingerprint density at radius 3 is 2.46 bits per heavy atom. The highest BCUT2D eigenvalue weighted by Crippen LogP contribution is 2.34. The van der Waals surface area contributed by atoms with Crippen LogP contribution in [0, 0.1) is 5.41 Å². The summed E-state index contributed by atoms with van der Waals surface area (Å²) in [6.07, 6.45) is 7.03. The Kier molecular flexibility index (Phi) is 4.20. The predicted octanol–water partition coefficient (Wildman–Crippen LogP) is 1.89. The number of hydrogen-bond acceptors (Lipinski definition) is 2. The van der Waals surface area contributed by atoms with Gasteiger partial charge in [-0.15, -0.1) is 0 Å². The lowest BCUT2D eigenvalue weighted by Gasteiger charge is -2.34. The second kappa shape index (κ2) is 4.97. The van der Waals surface area contributed by atoms with Gasteiger partial charge >= 0.3 is 0 Å². The average Bonchev–Trinajstić information content (AvgIpc) is 2.15. The lowest BCUT2D eigenvalue weighted by atomic mass is 9.75. The van der Waals surface area contributed by atoms with Gasteiger partial charge in [0.1, 0.15) is 0 Å². The molecule has 13 heavy (non-hydrogen) atoms. The smallest absolute Gasteiger partial charge is 0.0162 e. The minimum Gasteiger partial charge on any atom is -0.329 e. The van der Waals surface area contributed by atoms with E-state index in [9.17, 15) is 0 Å². The van der Waals surface area contributed by atoms with Gasteiger partial charge in [0, 0.05) is 19.1 Å². The summed E-state index contributed by atoms with van der Waals surface area (Å²) in [6.45, 7) is 6.45. The van der Waals surface area contributed by atoms with Crippen molar-refractivity contribution in [3.05, 3.63) is 0 Å². The number of nitrogens with one attached hydrogen (secondary N) is 1. The summed E-state index contributed by atoms with van der Waals surface area (Å²) < 4.78 is 0.